The summed E-state index contributed by atoms with van der Waals surface area (Å²) < 4.78 is 0. The smallest absolute Gasteiger partial charge is 0.303 e. The lowest BCUT2D eigenvalue weighted by Gasteiger charge is -2.04. The first-order valence-electron chi connectivity index (χ1n) is 8.64. The lowest BCUT2D eigenvalue weighted by Crippen LogP contribution is -2.02. The van der Waals surface area contributed by atoms with E-state index in [4.69, 9.17) is 5.11 Å². The Kier molecular flexibility index (Phi) is 14.0. The van der Waals surface area contributed by atoms with E-state index in [0.717, 1.165) is 57.8 Å². The number of carboxylic acid groups (broad SMARTS) is 1. The number of aliphatic hydroxyl groups excluding tert-OH is 1. The molecule has 0 bridgehead atoms. The first kappa shape index (κ1) is 20.8. The molecule has 0 aromatic heterocycles. The molecule has 0 fully saturated rings. The van der Waals surface area contributed by atoms with Gasteiger partial charge in [-0.05, 0) is 19.3 Å². The van der Waals surface area contributed by atoms with E-state index in [9.17, 15) is 14.7 Å². The van der Waals surface area contributed by atoms with Crippen LogP contribution in [0.2, 0.25) is 0 Å². The molecule has 0 radical (unpaired) electrons. The van der Waals surface area contributed by atoms with Crippen LogP contribution in [-0.2, 0) is 9.59 Å². The molecule has 128 valence electrons. The Morgan fingerprint density at radius 3 is 2.23 bits per heavy atom. The minimum atomic E-state index is -0.737. The molecule has 0 spiro atoms. The van der Waals surface area contributed by atoms with Gasteiger partial charge in [0, 0.05) is 19.3 Å². The molecule has 1 unspecified atom stereocenters. The molecule has 22 heavy (non-hydrogen) atoms. The van der Waals surface area contributed by atoms with Crippen molar-refractivity contribution in [3.05, 3.63) is 12.2 Å². The highest BCUT2D eigenvalue weighted by Crippen LogP contribution is 2.09. The molecular weight excluding hydrogens is 280 g/mol. The summed E-state index contributed by atoms with van der Waals surface area (Å²) >= 11 is 0. The highest BCUT2D eigenvalue weighted by Gasteiger charge is 2.02. The first-order valence-corrected chi connectivity index (χ1v) is 8.64. The van der Waals surface area contributed by atoms with Crippen molar-refractivity contribution >= 4 is 11.8 Å². The number of carbonyl (C=O) groups excluding carboxylic acids is 1. The van der Waals surface area contributed by atoms with Crippen LogP contribution in [0.15, 0.2) is 12.2 Å². The van der Waals surface area contributed by atoms with E-state index in [0.29, 0.717) is 12.8 Å². The molecule has 0 aromatic carbocycles. The molecule has 0 aliphatic heterocycles. The maximum Gasteiger partial charge on any atom is 0.303 e. The number of aliphatic carboxylic acids is 1. The van der Waals surface area contributed by atoms with Gasteiger partial charge in [0.1, 0.15) is 5.78 Å². The number of unbranched alkanes of at least 4 members (excludes halogenated alkanes) is 6. The van der Waals surface area contributed by atoms with Gasteiger partial charge in [-0.2, -0.15) is 0 Å². The van der Waals surface area contributed by atoms with E-state index >= 15 is 0 Å². The molecule has 1 atom stereocenters. The summed E-state index contributed by atoms with van der Waals surface area (Å²) in [6.45, 7) is 2.13. The van der Waals surface area contributed by atoms with Crippen LogP contribution in [0.4, 0.5) is 0 Å². The monoisotopic (exact) mass is 312 g/mol. The Bertz CT molecular complexity index is 323. The number of ketones is 1. The largest absolute Gasteiger partial charge is 0.481 e. The number of hydrogen-bond acceptors (Lipinski definition) is 3. The minimum Gasteiger partial charge on any atom is -0.481 e. The number of carboxylic acids is 1. The number of hydrogen-bond donors (Lipinski definition) is 2. The third-order valence-electron chi connectivity index (χ3n) is 3.65. The highest BCUT2D eigenvalue weighted by molar-refractivity contribution is 5.79. The summed E-state index contributed by atoms with van der Waals surface area (Å²) in [6, 6.07) is 0. The van der Waals surface area contributed by atoms with Crippen LogP contribution in [0.5, 0.6) is 0 Å². The number of allylic oxidation sites excluding steroid dienone is 1. The van der Waals surface area contributed by atoms with Gasteiger partial charge in [-0.1, -0.05) is 57.6 Å². The molecule has 0 heterocycles. The zero-order valence-corrected chi connectivity index (χ0v) is 13.9. The van der Waals surface area contributed by atoms with Gasteiger partial charge in [0.15, 0.2) is 0 Å². The van der Waals surface area contributed by atoms with Crippen molar-refractivity contribution in [1.29, 1.82) is 0 Å². The van der Waals surface area contributed by atoms with Crippen molar-refractivity contribution in [2.45, 2.75) is 90.1 Å². The van der Waals surface area contributed by atoms with Crippen LogP contribution in [0, 0.1) is 0 Å². The van der Waals surface area contributed by atoms with E-state index in [1.165, 1.54) is 0 Å². The van der Waals surface area contributed by atoms with E-state index in [2.05, 4.69) is 6.92 Å². The predicted molar refractivity (Wildman–Crippen MR) is 88.9 cm³/mol. The Hall–Kier alpha value is -1.16. The molecule has 0 rings (SSSR count). The average molecular weight is 312 g/mol. The summed E-state index contributed by atoms with van der Waals surface area (Å²) in [5, 5.41) is 18.2. The topological polar surface area (TPSA) is 74.6 Å². The summed E-state index contributed by atoms with van der Waals surface area (Å²) in [5.74, 6) is -0.526. The van der Waals surface area contributed by atoms with Crippen molar-refractivity contribution < 1.29 is 19.8 Å². The van der Waals surface area contributed by atoms with E-state index in [1.54, 1.807) is 12.2 Å². The summed E-state index contributed by atoms with van der Waals surface area (Å²) in [4.78, 5) is 22.0. The van der Waals surface area contributed by atoms with E-state index < -0.39 is 12.1 Å². The van der Waals surface area contributed by atoms with Crippen molar-refractivity contribution in [1.82, 2.24) is 0 Å². The molecule has 2 N–H and O–H groups in total. The molecule has 4 nitrogen and oxygen atoms in total. The van der Waals surface area contributed by atoms with E-state index in [1.807, 2.05) is 0 Å². The van der Waals surface area contributed by atoms with Crippen molar-refractivity contribution in [3.8, 4) is 0 Å². The van der Waals surface area contributed by atoms with Crippen LogP contribution in [0.1, 0.15) is 84.0 Å². The molecule has 0 amide bonds. The second-order valence-electron chi connectivity index (χ2n) is 5.90. The van der Waals surface area contributed by atoms with Gasteiger partial charge in [0.25, 0.3) is 0 Å². The number of rotatable bonds is 15. The third-order valence-corrected chi connectivity index (χ3v) is 3.65. The zero-order chi connectivity index (χ0) is 16.6. The Balaban J connectivity index is 3.47. The predicted octanol–water partition coefficient (Wildman–Crippen LogP) is 4.26. The second-order valence-corrected chi connectivity index (χ2v) is 5.90. The van der Waals surface area contributed by atoms with E-state index in [-0.39, 0.29) is 12.2 Å². The van der Waals surface area contributed by atoms with Gasteiger partial charge < -0.3 is 10.2 Å². The molecule has 0 aliphatic carbocycles. The van der Waals surface area contributed by atoms with Gasteiger partial charge in [0.05, 0.1) is 6.10 Å². The normalized spacial score (nSPS) is 12.6. The first-order chi connectivity index (χ1) is 10.6. The van der Waals surface area contributed by atoms with Crippen LogP contribution in [0.25, 0.3) is 0 Å². The van der Waals surface area contributed by atoms with Crippen LogP contribution in [-0.4, -0.2) is 28.1 Å². The summed E-state index contributed by atoms with van der Waals surface area (Å²) in [7, 11) is 0. The number of aliphatic hydroxyl groups is 1. The van der Waals surface area contributed by atoms with Crippen LogP contribution in [0.3, 0.4) is 0 Å². The lowest BCUT2D eigenvalue weighted by molar-refractivity contribution is -0.137. The van der Waals surface area contributed by atoms with Crippen molar-refractivity contribution in [3.63, 3.8) is 0 Å². The average Bonchev–Trinajstić information content (AvgIpc) is 2.46. The molecule has 4 heteroatoms. The molecular formula is C18H32O4. The molecule has 0 saturated heterocycles. The second kappa shape index (κ2) is 14.8. The fraction of sp³-hybridized carbons (Fsp3) is 0.778. The Morgan fingerprint density at radius 2 is 1.59 bits per heavy atom. The lowest BCUT2D eigenvalue weighted by atomic mass is 10.1. The van der Waals surface area contributed by atoms with Crippen molar-refractivity contribution in [2.24, 2.45) is 0 Å². The number of Topliss-reactive ketones (excluding diaryl/α,β-unsaturated/α-hetero) is 1. The Labute approximate surface area is 134 Å². The molecule has 0 aromatic rings. The van der Waals surface area contributed by atoms with Crippen molar-refractivity contribution in [2.75, 3.05) is 0 Å². The maximum absolute atomic E-state index is 11.7. The fourth-order valence-electron chi connectivity index (χ4n) is 2.29. The zero-order valence-electron chi connectivity index (χ0n) is 13.9. The standard InChI is InChI=1S/C18H32O4/c1-2-3-7-11-16(19)13-10-14-17(20)12-8-5-4-6-9-15-18(21)22/h10,13,16,19H,2-9,11-12,14-15H2,1H3,(H,21,22)/b13-10+. The number of carbonyl (C=O) groups is 2. The highest BCUT2D eigenvalue weighted by atomic mass is 16.4. The van der Waals surface area contributed by atoms with Gasteiger partial charge in [-0.15, -0.1) is 0 Å². The Morgan fingerprint density at radius 1 is 0.955 bits per heavy atom. The summed E-state index contributed by atoms with van der Waals surface area (Å²) in [5.41, 5.74) is 0. The van der Waals surface area contributed by atoms with Crippen LogP contribution < -0.4 is 0 Å². The summed E-state index contributed by atoms with van der Waals surface area (Å²) in [6.07, 6.45) is 12.9. The van der Waals surface area contributed by atoms with Gasteiger partial charge in [0.2, 0.25) is 0 Å². The molecule has 0 aliphatic rings. The van der Waals surface area contributed by atoms with Gasteiger partial charge >= 0.3 is 5.97 Å². The third kappa shape index (κ3) is 15.2. The minimum absolute atomic E-state index is 0.211. The van der Waals surface area contributed by atoms with Crippen LogP contribution >= 0.6 is 0 Å². The maximum atomic E-state index is 11.7. The quantitative estimate of drug-likeness (QED) is 0.350. The molecule has 0 saturated carbocycles. The SMILES string of the molecule is CCCCCC(O)/C=C/CC(=O)CCCCCCCC(=O)O. The van der Waals surface area contributed by atoms with Gasteiger partial charge in [-0.3, -0.25) is 9.59 Å². The fourth-order valence-corrected chi connectivity index (χ4v) is 2.29. The van der Waals surface area contributed by atoms with Gasteiger partial charge in [-0.25, -0.2) is 0 Å².